The van der Waals surface area contributed by atoms with Gasteiger partial charge in [0.15, 0.2) is 0 Å². The molecule has 102 valence electrons. The average Bonchev–Trinajstić information content (AvgIpc) is 2.33. The number of allylic oxidation sites excluding steroid dienone is 1. The summed E-state index contributed by atoms with van der Waals surface area (Å²) in [4.78, 5) is 10.9. The van der Waals surface area contributed by atoms with E-state index < -0.39 is 5.97 Å². The lowest BCUT2D eigenvalue weighted by atomic mass is 9.77. The lowest BCUT2D eigenvalue weighted by Gasteiger charge is -2.28. The monoisotopic (exact) mass is 260 g/mol. The van der Waals surface area contributed by atoms with Crippen molar-refractivity contribution < 1.29 is 14.6 Å². The van der Waals surface area contributed by atoms with Gasteiger partial charge in [-0.05, 0) is 48.4 Å². The fourth-order valence-corrected chi connectivity index (χ4v) is 2.25. The van der Waals surface area contributed by atoms with Crippen molar-refractivity contribution in [1.29, 1.82) is 0 Å². The van der Waals surface area contributed by atoms with E-state index in [1.54, 1.807) is 0 Å². The zero-order valence-corrected chi connectivity index (χ0v) is 11.3. The lowest BCUT2D eigenvalue weighted by Crippen LogP contribution is -2.14. The van der Waals surface area contributed by atoms with E-state index in [1.807, 2.05) is 24.3 Å². The van der Waals surface area contributed by atoms with Crippen LogP contribution in [0, 0.1) is 5.92 Å². The van der Waals surface area contributed by atoms with E-state index >= 15 is 0 Å². The third kappa shape index (κ3) is 3.60. The minimum absolute atomic E-state index is 0.401. The second kappa shape index (κ2) is 6.41. The molecule has 3 heteroatoms. The van der Waals surface area contributed by atoms with Crippen LogP contribution in [0.2, 0.25) is 0 Å². The highest BCUT2D eigenvalue weighted by Crippen LogP contribution is 2.38. The Balaban J connectivity index is 2.15. The quantitative estimate of drug-likeness (QED) is 0.792. The van der Waals surface area contributed by atoms with Gasteiger partial charge < -0.3 is 9.84 Å². The maximum Gasteiger partial charge on any atom is 0.328 e. The average molecular weight is 260 g/mol. The highest BCUT2D eigenvalue weighted by Gasteiger charge is 2.23. The number of benzene rings is 1. The van der Waals surface area contributed by atoms with Crippen molar-refractivity contribution in [3.63, 3.8) is 0 Å². The number of carboxylic acid groups (broad SMARTS) is 1. The Bertz CT molecular complexity index is 455. The molecule has 2 rings (SSSR count). The molecule has 0 saturated heterocycles. The predicted molar refractivity (Wildman–Crippen MR) is 75.2 cm³/mol. The molecule has 0 heterocycles. The normalized spacial score (nSPS) is 15.9. The van der Waals surface area contributed by atoms with Crippen LogP contribution >= 0.6 is 0 Å². The molecule has 0 unspecified atom stereocenters. The van der Waals surface area contributed by atoms with Gasteiger partial charge in [0.2, 0.25) is 0 Å². The standard InChI is InChI=1S/C16H20O3/c1-2-10-19-14-8-6-13(7-9-14)15(11-16(17)18)12-4-3-5-12/h6-9,11-12H,2-5,10H2,1H3,(H,17,18)/b15-11+. The summed E-state index contributed by atoms with van der Waals surface area (Å²) in [5, 5.41) is 8.98. The summed E-state index contributed by atoms with van der Waals surface area (Å²) in [7, 11) is 0. The van der Waals surface area contributed by atoms with Crippen LogP contribution < -0.4 is 4.74 Å². The lowest BCUT2D eigenvalue weighted by molar-refractivity contribution is -0.131. The van der Waals surface area contributed by atoms with Gasteiger partial charge in [0.05, 0.1) is 6.61 Å². The minimum Gasteiger partial charge on any atom is -0.494 e. The molecule has 3 nitrogen and oxygen atoms in total. The summed E-state index contributed by atoms with van der Waals surface area (Å²) >= 11 is 0. The van der Waals surface area contributed by atoms with Crippen LogP contribution in [0.4, 0.5) is 0 Å². The van der Waals surface area contributed by atoms with Crippen molar-refractivity contribution in [2.24, 2.45) is 5.92 Å². The van der Waals surface area contributed by atoms with E-state index in [0.717, 1.165) is 36.1 Å². The zero-order chi connectivity index (χ0) is 13.7. The SMILES string of the molecule is CCCOc1ccc(/C(=C/C(=O)O)C2CCC2)cc1. The summed E-state index contributed by atoms with van der Waals surface area (Å²) in [6.45, 7) is 2.78. The van der Waals surface area contributed by atoms with Crippen LogP contribution in [0.15, 0.2) is 30.3 Å². The Hall–Kier alpha value is -1.77. The van der Waals surface area contributed by atoms with E-state index in [1.165, 1.54) is 12.5 Å². The second-order valence-corrected chi connectivity index (χ2v) is 4.94. The summed E-state index contributed by atoms with van der Waals surface area (Å²) in [5.74, 6) is 0.376. The summed E-state index contributed by atoms with van der Waals surface area (Å²) in [6, 6.07) is 7.74. The van der Waals surface area contributed by atoms with Gasteiger partial charge in [-0.15, -0.1) is 0 Å². The highest BCUT2D eigenvalue weighted by molar-refractivity contribution is 5.90. The van der Waals surface area contributed by atoms with E-state index in [2.05, 4.69) is 6.92 Å². The van der Waals surface area contributed by atoms with Crippen LogP contribution in [0.5, 0.6) is 5.75 Å². The van der Waals surface area contributed by atoms with E-state index in [0.29, 0.717) is 12.5 Å². The summed E-state index contributed by atoms with van der Waals surface area (Å²) in [5.41, 5.74) is 1.94. The van der Waals surface area contributed by atoms with Crippen molar-refractivity contribution in [1.82, 2.24) is 0 Å². The van der Waals surface area contributed by atoms with Crippen LogP contribution in [0.25, 0.3) is 5.57 Å². The molecule has 0 atom stereocenters. The molecule has 19 heavy (non-hydrogen) atoms. The second-order valence-electron chi connectivity index (χ2n) is 4.94. The molecule has 1 saturated carbocycles. The molecule has 1 aromatic carbocycles. The molecule has 0 bridgehead atoms. The fraction of sp³-hybridized carbons (Fsp3) is 0.438. The first kappa shape index (κ1) is 13.7. The van der Waals surface area contributed by atoms with E-state index in [4.69, 9.17) is 9.84 Å². The number of hydrogen-bond acceptors (Lipinski definition) is 2. The van der Waals surface area contributed by atoms with Crippen molar-refractivity contribution in [2.45, 2.75) is 32.6 Å². The predicted octanol–water partition coefficient (Wildman–Crippen LogP) is 3.74. The van der Waals surface area contributed by atoms with Gasteiger partial charge >= 0.3 is 5.97 Å². The number of hydrogen-bond donors (Lipinski definition) is 1. The van der Waals surface area contributed by atoms with E-state index in [9.17, 15) is 4.79 Å². The molecular weight excluding hydrogens is 240 g/mol. The Labute approximate surface area is 113 Å². The van der Waals surface area contributed by atoms with Gasteiger partial charge in [-0.2, -0.15) is 0 Å². The summed E-state index contributed by atoms with van der Waals surface area (Å²) in [6.07, 6.45) is 5.71. The van der Waals surface area contributed by atoms with Gasteiger partial charge in [0.1, 0.15) is 5.75 Å². The van der Waals surface area contributed by atoms with Crippen LogP contribution in [0.3, 0.4) is 0 Å². The van der Waals surface area contributed by atoms with Gasteiger partial charge in [-0.3, -0.25) is 0 Å². The van der Waals surface area contributed by atoms with Gasteiger partial charge in [-0.25, -0.2) is 4.79 Å². The van der Waals surface area contributed by atoms with Crippen molar-refractivity contribution >= 4 is 11.5 Å². The number of carbonyl (C=O) groups is 1. The topological polar surface area (TPSA) is 46.5 Å². The van der Waals surface area contributed by atoms with Crippen LogP contribution in [-0.4, -0.2) is 17.7 Å². The number of aliphatic carboxylic acids is 1. The van der Waals surface area contributed by atoms with Crippen LogP contribution in [0.1, 0.15) is 38.2 Å². The molecule has 1 aromatic rings. The molecule has 0 amide bonds. The number of rotatable bonds is 6. The molecule has 0 radical (unpaired) electrons. The van der Waals surface area contributed by atoms with Gasteiger partial charge in [-0.1, -0.05) is 25.5 Å². The maximum absolute atomic E-state index is 10.9. The van der Waals surface area contributed by atoms with Crippen LogP contribution in [-0.2, 0) is 4.79 Å². The molecule has 0 aliphatic heterocycles. The number of ether oxygens (including phenoxy) is 1. The fourth-order valence-electron chi connectivity index (χ4n) is 2.25. The van der Waals surface area contributed by atoms with Gasteiger partial charge in [0, 0.05) is 6.08 Å². The smallest absolute Gasteiger partial charge is 0.328 e. The van der Waals surface area contributed by atoms with Crippen molar-refractivity contribution in [3.8, 4) is 5.75 Å². The third-order valence-electron chi connectivity index (χ3n) is 3.48. The van der Waals surface area contributed by atoms with Gasteiger partial charge in [0.25, 0.3) is 0 Å². The Morgan fingerprint density at radius 1 is 1.37 bits per heavy atom. The molecule has 1 aliphatic carbocycles. The highest BCUT2D eigenvalue weighted by atomic mass is 16.5. The van der Waals surface area contributed by atoms with Crippen molar-refractivity contribution in [2.75, 3.05) is 6.61 Å². The molecule has 1 aliphatic rings. The largest absolute Gasteiger partial charge is 0.494 e. The first-order valence-electron chi connectivity index (χ1n) is 6.88. The summed E-state index contributed by atoms with van der Waals surface area (Å²) < 4.78 is 5.54. The molecular formula is C16H20O3. The zero-order valence-electron chi connectivity index (χ0n) is 11.3. The van der Waals surface area contributed by atoms with E-state index in [-0.39, 0.29) is 0 Å². The minimum atomic E-state index is -0.867. The first-order valence-corrected chi connectivity index (χ1v) is 6.88. The Morgan fingerprint density at radius 3 is 2.53 bits per heavy atom. The first-order chi connectivity index (χ1) is 9.20. The maximum atomic E-state index is 10.9. The number of carboxylic acids is 1. The Kier molecular flexibility index (Phi) is 4.61. The molecule has 1 N–H and O–H groups in total. The van der Waals surface area contributed by atoms with Crippen molar-refractivity contribution in [3.05, 3.63) is 35.9 Å². The molecule has 1 fully saturated rings. The molecule has 0 aromatic heterocycles. The Morgan fingerprint density at radius 2 is 2.05 bits per heavy atom. The third-order valence-corrected chi connectivity index (χ3v) is 3.48. The molecule has 0 spiro atoms.